The van der Waals surface area contributed by atoms with Gasteiger partial charge < -0.3 is 9.47 Å². The standard InChI is InChI=1S/C19H21F7O7S3/c20-16(21,36(29,30)31)8-33-13(27)15-3-9-1-10(4-15)17(11(2-9)5-15)34-7-12(35-17)6-32-14(28)18(22,23)19(24,25)26/h9-12H,1-8H2,(H,29,30,31). The van der Waals surface area contributed by atoms with Crippen LogP contribution in [0.1, 0.15) is 32.1 Å². The normalized spacial score (nSPS) is 36.3. The second kappa shape index (κ2) is 8.79. The largest absolute Gasteiger partial charge is 0.465 e. The average Bonchev–Trinajstić information content (AvgIpc) is 3.17. The Labute approximate surface area is 209 Å². The summed E-state index contributed by atoms with van der Waals surface area (Å²) < 4.78 is 129. The van der Waals surface area contributed by atoms with E-state index in [0.717, 1.165) is 0 Å². The fourth-order valence-corrected chi connectivity index (χ4v) is 10.3. The Morgan fingerprint density at radius 3 is 2.08 bits per heavy atom. The van der Waals surface area contributed by atoms with E-state index in [2.05, 4.69) is 9.47 Å². The summed E-state index contributed by atoms with van der Waals surface area (Å²) in [6.07, 6.45) is -3.84. The Morgan fingerprint density at radius 1 is 0.972 bits per heavy atom. The minimum absolute atomic E-state index is 0.0753. The van der Waals surface area contributed by atoms with Gasteiger partial charge in [0.05, 0.1) is 9.49 Å². The summed E-state index contributed by atoms with van der Waals surface area (Å²) in [6.45, 7) is -2.47. The van der Waals surface area contributed by atoms with Gasteiger partial charge in [-0.2, -0.15) is 39.2 Å². The van der Waals surface area contributed by atoms with Crippen LogP contribution in [0.15, 0.2) is 0 Å². The van der Waals surface area contributed by atoms with Gasteiger partial charge in [0.25, 0.3) is 0 Å². The molecule has 5 rings (SSSR count). The van der Waals surface area contributed by atoms with Crippen molar-refractivity contribution < 1.29 is 62.8 Å². The summed E-state index contributed by atoms with van der Waals surface area (Å²) in [5, 5.41) is -5.21. The van der Waals surface area contributed by atoms with Crippen molar-refractivity contribution in [2.45, 2.75) is 58.8 Å². The highest BCUT2D eigenvalue weighted by Crippen LogP contribution is 2.73. The average molecular weight is 591 g/mol. The second-order valence-electron chi connectivity index (χ2n) is 9.76. The number of ether oxygens (including phenoxy) is 2. The number of carbonyl (C=O) groups is 2. The number of halogens is 7. The van der Waals surface area contributed by atoms with Gasteiger partial charge in [0.2, 0.25) is 0 Å². The molecule has 3 unspecified atom stereocenters. The molecule has 36 heavy (non-hydrogen) atoms. The van der Waals surface area contributed by atoms with E-state index >= 15 is 0 Å². The first-order valence-corrected chi connectivity index (χ1v) is 14.1. The van der Waals surface area contributed by atoms with E-state index in [1.165, 1.54) is 23.5 Å². The van der Waals surface area contributed by atoms with E-state index < -0.39 is 67.4 Å². The van der Waals surface area contributed by atoms with Crippen molar-refractivity contribution in [1.82, 2.24) is 0 Å². The van der Waals surface area contributed by atoms with Gasteiger partial charge in [0.1, 0.15) is 6.61 Å². The fourth-order valence-electron chi connectivity index (χ4n) is 5.99. The zero-order valence-electron chi connectivity index (χ0n) is 18.2. The van der Waals surface area contributed by atoms with Crippen LogP contribution in [0.2, 0.25) is 0 Å². The van der Waals surface area contributed by atoms with Crippen molar-refractivity contribution in [3.05, 3.63) is 0 Å². The first kappa shape index (κ1) is 28.1. The van der Waals surface area contributed by atoms with Crippen molar-refractivity contribution in [1.29, 1.82) is 0 Å². The van der Waals surface area contributed by atoms with Gasteiger partial charge in [0.15, 0.2) is 6.61 Å². The summed E-state index contributed by atoms with van der Waals surface area (Å²) in [7, 11) is -5.77. The van der Waals surface area contributed by atoms with Crippen LogP contribution >= 0.6 is 23.5 Å². The molecule has 1 spiro atoms. The molecule has 0 amide bonds. The predicted octanol–water partition coefficient (Wildman–Crippen LogP) is 4.12. The summed E-state index contributed by atoms with van der Waals surface area (Å²) in [4.78, 5) is 24.1. The Balaban J connectivity index is 1.40. The Morgan fingerprint density at radius 2 is 1.56 bits per heavy atom. The molecule has 1 saturated heterocycles. The maximum Gasteiger partial charge on any atom is 0.465 e. The van der Waals surface area contributed by atoms with Crippen molar-refractivity contribution >= 4 is 45.6 Å². The topological polar surface area (TPSA) is 107 Å². The van der Waals surface area contributed by atoms with Gasteiger partial charge in [0, 0.05) is 11.0 Å². The van der Waals surface area contributed by atoms with E-state index in [4.69, 9.17) is 4.55 Å². The second-order valence-corrected chi connectivity index (χ2v) is 14.4. The molecular formula is C19H21F7O7S3. The van der Waals surface area contributed by atoms with Crippen LogP contribution in [0, 0.1) is 23.2 Å². The van der Waals surface area contributed by atoms with Gasteiger partial charge in [-0.3, -0.25) is 9.35 Å². The molecule has 0 radical (unpaired) electrons. The molecule has 1 N–H and O–H groups in total. The first-order valence-electron chi connectivity index (χ1n) is 10.8. The smallest absolute Gasteiger partial charge is 0.460 e. The predicted molar refractivity (Wildman–Crippen MR) is 112 cm³/mol. The zero-order valence-corrected chi connectivity index (χ0v) is 20.7. The SMILES string of the molecule is O=C(OCC(F)(F)S(=O)(=O)O)C12CC3CC(C1)C1(SCC(COC(=O)C(F)(F)C(F)(F)F)S1)C(C3)C2. The summed E-state index contributed by atoms with van der Waals surface area (Å²) >= 11 is 2.78. The molecule has 4 saturated carbocycles. The molecule has 7 nitrogen and oxygen atoms in total. The Hall–Kier alpha value is -0.940. The van der Waals surface area contributed by atoms with Crippen LogP contribution in [0.25, 0.3) is 0 Å². The maximum atomic E-state index is 13.5. The third-order valence-electron chi connectivity index (χ3n) is 7.37. The van der Waals surface area contributed by atoms with Gasteiger partial charge in [-0.05, 0) is 49.9 Å². The number of alkyl halides is 7. The number of thioether (sulfide) groups is 2. The van der Waals surface area contributed by atoms with Crippen molar-refractivity contribution in [2.24, 2.45) is 23.2 Å². The number of rotatable bonds is 7. The molecule has 0 aromatic heterocycles. The fraction of sp³-hybridized carbons (Fsp3) is 0.895. The van der Waals surface area contributed by atoms with Crippen LogP contribution in [0.3, 0.4) is 0 Å². The lowest BCUT2D eigenvalue weighted by Crippen LogP contribution is -2.60. The molecule has 4 aliphatic carbocycles. The molecule has 206 valence electrons. The van der Waals surface area contributed by atoms with Gasteiger partial charge >= 0.3 is 39.4 Å². The van der Waals surface area contributed by atoms with E-state index in [0.29, 0.717) is 25.0 Å². The quantitative estimate of drug-likeness (QED) is 0.266. The highest BCUT2D eigenvalue weighted by Gasteiger charge is 2.68. The molecule has 17 heteroatoms. The van der Waals surface area contributed by atoms with E-state index in [1.807, 2.05) is 0 Å². The van der Waals surface area contributed by atoms with E-state index in [-0.39, 0.29) is 30.6 Å². The summed E-state index contributed by atoms with van der Waals surface area (Å²) in [5.41, 5.74) is -1.11. The van der Waals surface area contributed by atoms with Gasteiger partial charge in [-0.15, -0.1) is 23.5 Å². The Bertz CT molecular complexity index is 1020. The molecule has 5 fully saturated rings. The lowest BCUT2D eigenvalue weighted by Gasteiger charge is -2.62. The molecule has 5 aliphatic rings. The third kappa shape index (κ3) is 4.59. The molecule has 0 aromatic carbocycles. The van der Waals surface area contributed by atoms with Crippen molar-refractivity contribution in [3.8, 4) is 0 Å². The van der Waals surface area contributed by atoms with Crippen molar-refractivity contribution in [2.75, 3.05) is 19.0 Å². The molecular weight excluding hydrogens is 569 g/mol. The number of hydrogen-bond acceptors (Lipinski definition) is 8. The van der Waals surface area contributed by atoms with E-state index in [9.17, 15) is 48.7 Å². The molecule has 1 aliphatic heterocycles. The minimum atomic E-state index is -6.07. The number of hydrogen-bond donors (Lipinski definition) is 1. The van der Waals surface area contributed by atoms with E-state index in [1.54, 1.807) is 0 Å². The molecule has 4 bridgehead atoms. The van der Waals surface area contributed by atoms with Crippen LogP contribution < -0.4 is 0 Å². The van der Waals surface area contributed by atoms with Crippen LogP contribution in [0.4, 0.5) is 30.7 Å². The van der Waals surface area contributed by atoms with Crippen LogP contribution in [0.5, 0.6) is 0 Å². The third-order valence-corrected chi connectivity index (χ3v) is 12.5. The molecule has 3 atom stereocenters. The molecule has 0 aromatic rings. The highest BCUT2D eigenvalue weighted by atomic mass is 32.2. The lowest BCUT2D eigenvalue weighted by molar-refractivity contribution is -0.280. The lowest BCUT2D eigenvalue weighted by atomic mass is 9.49. The molecule has 1 heterocycles. The highest BCUT2D eigenvalue weighted by molar-refractivity contribution is 8.21. The van der Waals surface area contributed by atoms with Gasteiger partial charge in [-0.25, -0.2) is 4.79 Å². The van der Waals surface area contributed by atoms with Gasteiger partial charge in [-0.1, -0.05) is 0 Å². The number of carbonyl (C=O) groups excluding carboxylic acids is 2. The Kier molecular flexibility index (Phi) is 6.86. The maximum absolute atomic E-state index is 13.5. The van der Waals surface area contributed by atoms with Crippen LogP contribution in [-0.4, -0.2) is 70.6 Å². The first-order chi connectivity index (χ1) is 16.3. The summed E-state index contributed by atoms with van der Waals surface area (Å²) in [6, 6.07) is 0. The van der Waals surface area contributed by atoms with Crippen molar-refractivity contribution in [3.63, 3.8) is 0 Å². The summed E-state index contributed by atoms with van der Waals surface area (Å²) in [5.74, 6) is -9.15. The monoisotopic (exact) mass is 590 g/mol. The number of esters is 2. The zero-order chi connectivity index (χ0) is 26.9. The minimum Gasteiger partial charge on any atom is -0.460 e. The van der Waals surface area contributed by atoms with Crippen LogP contribution in [-0.2, 0) is 29.2 Å².